The van der Waals surface area contributed by atoms with Crippen LogP contribution in [0.2, 0.25) is 0 Å². The maximum absolute atomic E-state index is 12.3. The number of para-hydroxylation sites is 1. The number of amides is 2. The molecule has 1 aliphatic rings. The van der Waals surface area contributed by atoms with Gasteiger partial charge in [-0.15, -0.1) is 0 Å². The van der Waals surface area contributed by atoms with Crippen molar-refractivity contribution in [2.75, 3.05) is 11.9 Å². The van der Waals surface area contributed by atoms with Gasteiger partial charge in [-0.05, 0) is 30.9 Å². The molecule has 1 aromatic carbocycles. The lowest BCUT2D eigenvalue weighted by molar-refractivity contribution is -0.137. The molecule has 0 spiro atoms. The fourth-order valence-corrected chi connectivity index (χ4v) is 3.34. The minimum Gasteiger partial charge on any atom is -0.396 e. The number of benzene rings is 1. The molecule has 2 amide bonds. The van der Waals surface area contributed by atoms with E-state index >= 15 is 0 Å². The van der Waals surface area contributed by atoms with Gasteiger partial charge >= 0.3 is 11.8 Å². The number of aliphatic hydroxyl groups is 1. The van der Waals surface area contributed by atoms with E-state index in [0.717, 1.165) is 50.5 Å². The summed E-state index contributed by atoms with van der Waals surface area (Å²) >= 11 is 0. The number of anilines is 1. The molecule has 3 N–H and O–H groups in total. The summed E-state index contributed by atoms with van der Waals surface area (Å²) in [6.07, 6.45) is 6.72. The summed E-state index contributed by atoms with van der Waals surface area (Å²) < 4.78 is 0. The highest BCUT2D eigenvalue weighted by atomic mass is 16.3. The van der Waals surface area contributed by atoms with Crippen LogP contribution in [-0.2, 0) is 16.0 Å². The third kappa shape index (κ3) is 5.06. The van der Waals surface area contributed by atoms with Crippen molar-refractivity contribution < 1.29 is 14.7 Å². The number of carbonyl (C=O) groups is 2. The van der Waals surface area contributed by atoms with Crippen LogP contribution in [0.4, 0.5) is 5.69 Å². The van der Waals surface area contributed by atoms with Gasteiger partial charge in [-0.2, -0.15) is 0 Å². The lowest BCUT2D eigenvalue weighted by Gasteiger charge is -2.24. The van der Waals surface area contributed by atoms with Crippen LogP contribution in [0.3, 0.4) is 0 Å². The Kier molecular flexibility index (Phi) is 7.25. The van der Waals surface area contributed by atoms with E-state index in [1.165, 1.54) is 0 Å². The van der Waals surface area contributed by atoms with Gasteiger partial charge in [0.15, 0.2) is 0 Å². The van der Waals surface area contributed by atoms with E-state index in [0.29, 0.717) is 5.69 Å². The van der Waals surface area contributed by atoms with Crippen molar-refractivity contribution in [2.24, 2.45) is 5.92 Å². The van der Waals surface area contributed by atoms with Gasteiger partial charge in [0.2, 0.25) is 0 Å². The Morgan fingerprint density at radius 3 is 2.62 bits per heavy atom. The summed E-state index contributed by atoms with van der Waals surface area (Å²) in [6, 6.07) is 7.43. The molecule has 1 fully saturated rings. The number of nitrogens with one attached hydrogen (secondary N) is 2. The Morgan fingerprint density at radius 2 is 1.88 bits per heavy atom. The lowest BCUT2D eigenvalue weighted by Crippen LogP contribution is -2.45. The van der Waals surface area contributed by atoms with E-state index in [2.05, 4.69) is 17.6 Å². The standard InChI is InChI=1S/C19H28N2O3/c1-2-8-14-9-6-7-12-16(14)20-18(23)19(24)21-17-11-5-3-4-10-15(17)13-22/h6-7,9,12,15,17,22H,2-5,8,10-11,13H2,1H3,(H,20,23)(H,21,24). The van der Waals surface area contributed by atoms with Crippen molar-refractivity contribution in [3.8, 4) is 0 Å². The summed E-state index contributed by atoms with van der Waals surface area (Å²) in [5, 5.41) is 15.1. The third-order valence-electron chi connectivity index (χ3n) is 4.70. The molecular weight excluding hydrogens is 304 g/mol. The molecule has 2 atom stereocenters. The number of aliphatic hydroxyl groups excluding tert-OH is 1. The maximum Gasteiger partial charge on any atom is 0.313 e. The van der Waals surface area contributed by atoms with Crippen molar-refractivity contribution >= 4 is 17.5 Å². The minimum absolute atomic E-state index is 0.0385. The fourth-order valence-electron chi connectivity index (χ4n) is 3.34. The van der Waals surface area contributed by atoms with Gasteiger partial charge in [0, 0.05) is 24.3 Å². The Labute approximate surface area is 143 Å². The number of rotatable bonds is 5. The molecule has 1 aromatic rings. The number of aryl methyl sites for hydroxylation is 1. The highest BCUT2D eigenvalue weighted by Crippen LogP contribution is 2.23. The predicted octanol–water partition coefficient (Wildman–Crippen LogP) is 2.64. The second kappa shape index (κ2) is 9.42. The van der Waals surface area contributed by atoms with Gasteiger partial charge in [-0.1, -0.05) is 50.8 Å². The summed E-state index contributed by atoms with van der Waals surface area (Å²) in [5.41, 5.74) is 1.72. The predicted molar refractivity (Wildman–Crippen MR) is 94.7 cm³/mol. The average Bonchev–Trinajstić information content (AvgIpc) is 2.81. The van der Waals surface area contributed by atoms with Gasteiger partial charge in [-0.3, -0.25) is 9.59 Å². The Bertz CT molecular complexity index is 559. The van der Waals surface area contributed by atoms with Gasteiger partial charge in [-0.25, -0.2) is 0 Å². The third-order valence-corrected chi connectivity index (χ3v) is 4.70. The van der Waals surface area contributed by atoms with Crippen LogP contribution in [0.25, 0.3) is 0 Å². The highest BCUT2D eigenvalue weighted by Gasteiger charge is 2.27. The van der Waals surface area contributed by atoms with Gasteiger partial charge in [0.05, 0.1) is 0 Å². The van der Waals surface area contributed by atoms with Crippen LogP contribution in [0.5, 0.6) is 0 Å². The molecule has 1 aliphatic carbocycles. The molecule has 0 heterocycles. The normalized spacial score (nSPS) is 20.9. The molecule has 0 aliphatic heterocycles. The fraction of sp³-hybridized carbons (Fsp3) is 0.579. The molecule has 5 heteroatoms. The van der Waals surface area contributed by atoms with Crippen LogP contribution in [0.1, 0.15) is 51.0 Å². The van der Waals surface area contributed by atoms with Gasteiger partial charge in [0.1, 0.15) is 0 Å². The van der Waals surface area contributed by atoms with E-state index in [1.807, 2.05) is 24.3 Å². The molecule has 24 heavy (non-hydrogen) atoms. The van der Waals surface area contributed by atoms with Crippen LogP contribution < -0.4 is 10.6 Å². The molecule has 132 valence electrons. The summed E-state index contributed by atoms with van der Waals surface area (Å²) in [7, 11) is 0. The van der Waals surface area contributed by atoms with E-state index in [-0.39, 0.29) is 18.6 Å². The Balaban J connectivity index is 1.98. The first-order chi connectivity index (χ1) is 11.7. The topological polar surface area (TPSA) is 78.4 Å². The van der Waals surface area contributed by atoms with E-state index in [1.54, 1.807) is 0 Å². The zero-order valence-corrected chi connectivity index (χ0v) is 14.4. The molecule has 2 rings (SSSR count). The largest absolute Gasteiger partial charge is 0.396 e. The molecule has 0 radical (unpaired) electrons. The maximum atomic E-state index is 12.3. The second-order valence-corrected chi connectivity index (χ2v) is 6.52. The van der Waals surface area contributed by atoms with Crippen molar-refractivity contribution in [2.45, 2.75) is 57.9 Å². The summed E-state index contributed by atoms with van der Waals surface area (Å²) in [6.45, 7) is 2.12. The van der Waals surface area contributed by atoms with Crippen molar-refractivity contribution in [1.29, 1.82) is 0 Å². The molecule has 5 nitrogen and oxygen atoms in total. The lowest BCUT2D eigenvalue weighted by atomic mass is 9.95. The second-order valence-electron chi connectivity index (χ2n) is 6.52. The summed E-state index contributed by atoms with van der Waals surface area (Å²) in [5.74, 6) is -1.22. The van der Waals surface area contributed by atoms with Crippen LogP contribution >= 0.6 is 0 Å². The van der Waals surface area contributed by atoms with E-state index in [4.69, 9.17) is 0 Å². The molecule has 0 saturated heterocycles. The SMILES string of the molecule is CCCc1ccccc1NC(=O)C(=O)NC1CCCCCC1CO. The number of hydrogen-bond acceptors (Lipinski definition) is 3. The monoisotopic (exact) mass is 332 g/mol. The molecule has 0 aromatic heterocycles. The minimum atomic E-state index is -0.639. The van der Waals surface area contributed by atoms with E-state index < -0.39 is 11.8 Å². The molecule has 0 bridgehead atoms. The molecule has 1 saturated carbocycles. The first-order valence-corrected chi connectivity index (χ1v) is 8.96. The van der Waals surface area contributed by atoms with Crippen molar-refractivity contribution in [3.63, 3.8) is 0 Å². The molecule has 2 unspecified atom stereocenters. The molecular formula is C19H28N2O3. The average molecular weight is 332 g/mol. The van der Waals surface area contributed by atoms with Gasteiger partial charge in [0.25, 0.3) is 0 Å². The van der Waals surface area contributed by atoms with Crippen LogP contribution in [0.15, 0.2) is 24.3 Å². The highest BCUT2D eigenvalue weighted by molar-refractivity contribution is 6.39. The number of hydrogen-bond donors (Lipinski definition) is 3. The quantitative estimate of drug-likeness (QED) is 0.573. The van der Waals surface area contributed by atoms with Crippen molar-refractivity contribution in [3.05, 3.63) is 29.8 Å². The Hall–Kier alpha value is -1.88. The van der Waals surface area contributed by atoms with E-state index in [9.17, 15) is 14.7 Å². The first kappa shape index (κ1) is 18.5. The van der Waals surface area contributed by atoms with Crippen LogP contribution in [-0.4, -0.2) is 29.6 Å². The van der Waals surface area contributed by atoms with Crippen molar-refractivity contribution in [1.82, 2.24) is 5.32 Å². The first-order valence-electron chi connectivity index (χ1n) is 8.96. The van der Waals surface area contributed by atoms with Gasteiger partial charge < -0.3 is 15.7 Å². The number of carbonyl (C=O) groups excluding carboxylic acids is 2. The smallest absolute Gasteiger partial charge is 0.313 e. The van der Waals surface area contributed by atoms with Crippen LogP contribution in [0, 0.1) is 5.92 Å². The zero-order valence-electron chi connectivity index (χ0n) is 14.4. The summed E-state index contributed by atoms with van der Waals surface area (Å²) in [4.78, 5) is 24.5. The Morgan fingerprint density at radius 1 is 1.12 bits per heavy atom. The zero-order chi connectivity index (χ0) is 17.4.